The molecule has 194 valence electrons. The Morgan fingerprint density at radius 2 is 1.00 bits per heavy atom. The SMILES string of the molecule is C.CC.CC.CC.CC(C)c1ccccn1.CC(C)c1ccncn1.CC(C)c1cnccn1. The smallest absolute Gasteiger partial charge is 0.115 e. The van der Waals surface area contributed by atoms with Gasteiger partial charge >= 0.3 is 0 Å². The minimum atomic E-state index is 0. The molecule has 0 unspecified atom stereocenters. The van der Waals surface area contributed by atoms with E-state index < -0.39 is 0 Å². The van der Waals surface area contributed by atoms with E-state index in [2.05, 4.69) is 66.5 Å². The Kier molecular flexibility index (Phi) is 32.1. The fraction of sp³-hybridized carbons (Fsp3) is 0.552. The summed E-state index contributed by atoms with van der Waals surface area (Å²) < 4.78 is 0. The van der Waals surface area contributed by atoms with E-state index in [0.29, 0.717) is 17.8 Å². The number of hydrogen-bond acceptors (Lipinski definition) is 5. The van der Waals surface area contributed by atoms with Crippen LogP contribution in [0.3, 0.4) is 0 Å². The lowest BCUT2D eigenvalue weighted by atomic mass is 10.1. The predicted molar refractivity (Wildman–Crippen MR) is 151 cm³/mol. The first-order valence-electron chi connectivity index (χ1n) is 12.3. The van der Waals surface area contributed by atoms with E-state index in [4.69, 9.17) is 0 Å². The molecule has 0 aliphatic rings. The van der Waals surface area contributed by atoms with E-state index in [0.717, 1.165) is 17.1 Å². The van der Waals surface area contributed by atoms with Crippen LogP contribution >= 0.6 is 0 Å². The number of rotatable bonds is 3. The van der Waals surface area contributed by atoms with Gasteiger partial charge in [-0.25, -0.2) is 9.97 Å². The minimum absolute atomic E-state index is 0. The fourth-order valence-corrected chi connectivity index (χ4v) is 1.97. The summed E-state index contributed by atoms with van der Waals surface area (Å²) in [6.07, 6.45) is 10.4. The third-order valence-electron chi connectivity index (χ3n) is 3.65. The zero-order valence-electron chi connectivity index (χ0n) is 23.2. The summed E-state index contributed by atoms with van der Waals surface area (Å²) in [5.41, 5.74) is 3.32. The highest BCUT2D eigenvalue weighted by Crippen LogP contribution is 2.09. The van der Waals surface area contributed by atoms with Gasteiger partial charge in [0.25, 0.3) is 0 Å². The Labute approximate surface area is 212 Å². The van der Waals surface area contributed by atoms with Gasteiger partial charge in [-0.2, -0.15) is 0 Å². The quantitative estimate of drug-likeness (QED) is 0.381. The summed E-state index contributed by atoms with van der Waals surface area (Å²) >= 11 is 0. The van der Waals surface area contributed by atoms with E-state index in [1.165, 1.54) is 0 Å². The molecule has 0 aromatic carbocycles. The number of hydrogen-bond donors (Lipinski definition) is 0. The molecular formula is C29H53N5. The van der Waals surface area contributed by atoms with Gasteiger partial charge in [-0.05, 0) is 36.0 Å². The molecule has 3 rings (SSSR count). The van der Waals surface area contributed by atoms with E-state index in [-0.39, 0.29) is 7.43 Å². The lowest BCUT2D eigenvalue weighted by Crippen LogP contribution is -1.91. The van der Waals surface area contributed by atoms with E-state index in [9.17, 15) is 0 Å². The van der Waals surface area contributed by atoms with Gasteiger partial charge in [-0.1, -0.05) is 96.6 Å². The van der Waals surface area contributed by atoms with Gasteiger partial charge < -0.3 is 0 Å². The third-order valence-corrected chi connectivity index (χ3v) is 3.65. The topological polar surface area (TPSA) is 64.5 Å². The van der Waals surface area contributed by atoms with Crippen LogP contribution in [0.25, 0.3) is 0 Å². The summed E-state index contributed by atoms with van der Waals surface area (Å²) in [6.45, 7) is 24.7. The standard InChI is InChI=1S/C8H11N.2C7H10N2.3C2H6.CH4/c1-7(2)8-5-3-4-6-9-8;1-6(2)7-5-8-3-4-9-7;1-6(2)7-3-4-8-5-9-7;3*1-2;/h3-7H,1-2H3;2*3-6H,1-2H3;3*1-2H3;1H4. The second-order valence-corrected chi connectivity index (χ2v) is 6.98. The summed E-state index contributed by atoms with van der Waals surface area (Å²) in [4.78, 5) is 20.1. The fourth-order valence-electron chi connectivity index (χ4n) is 1.97. The molecule has 0 saturated carbocycles. The second-order valence-electron chi connectivity index (χ2n) is 6.98. The normalized spacial score (nSPS) is 8.56. The molecule has 0 aliphatic heterocycles. The van der Waals surface area contributed by atoms with Crippen LogP contribution in [0.1, 0.15) is 125 Å². The van der Waals surface area contributed by atoms with Crippen molar-refractivity contribution in [1.82, 2.24) is 24.9 Å². The highest BCUT2D eigenvalue weighted by molar-refractivity contribution is 5.07. The Balaban J connectivity index is -0.000000176. The van der Waals surface area contributed by atoms with Crippen LogP contribution in [-0.4, -0.2) is 24.9 Å². The van der Waals surface area contributed by atoms with Gasteiger partial charge in [0, 0.05) is 42.4 Å². The first kappa shape index (κ1) is 38.6. The molecule has 0 saturated heterocycles. The highest BCUT2D eigenvalue weighted by atomic mass is 14.8. The molecule has 0 N–H and O–H groups in total. The number of pyridine rings is 1. The van der Waals surface area contributed by atoms with E-state index in [1.807, 2.05) is 72.0 Å². The van der Waals surface area contributed by atoms with Crippen LogP contribution < -0.4 is 0 Å². The van der Waals surface area contributed by atoms with Crippen molar-refractivity contribution in [3.05, 3.63) is 78.7 Å². The Bertz CT molecular complexity index is 612. The molecule has 3 heterocycles. The van der Waals surface area contributed by atoms with Gasteiger partial charge in [0.1, 0.15) is 6.33 Å². The maximum absolute atomic E-state index is 4.18. The molecule has 34 heavy (non-hydrogen) atoms. The van der Waals surface area contributed by atoms with Gasteiger partial charge in [0.2, 0.25) is 0 Å². The van der Waals surface area contributed by atoms with Crippen molar-refractivity contribution >= 4 is 0 Å². The zero-order valence-corrected chi connectivity index (χ0v) is 23.2. The molecule has 0 aliphatic carbocycles. The maximum atomic E-state index is 4.18. The average molecular weight is 472 g/mol. The average Bonchev–Trinajstić information content (AvgIpc) is 2.90. The summed E-state index contributed by atoms with van der Waals surface area (Å²) in [5.74, 6) is 1.54. The lowest BCUT2D eigenvalue weighted by molar-refractivity contribution is 0.812. The number of nitrogens with zero attached hydrogens (tertiary/aromatic N) is 5. The van der Waals surface area contributed by atoms with Crippen molar-refractivity contribution in [3.8, 4) is 0 Å². The molecule has 0 atom stereocenters. The predicted octanol–water partition coefficient (Wildman–Crippen LogP) is 9.12. The Morgan fingerprint density at radius 1 is 0.500 bits per heavy atom. The van der Waals surface area contributed by atoms with Gasteiger partial charge in [0.05, 0.1) is 5.69 Å². The molecule has 5 heteroatoms. The second kappa shape index (κ2) is 28.3. The van der Waals surface area contributed by atoms with Crippen LogP contribution in [-0.2, 0) is 0 Å². The highest BCUT2D eigenvalue weighted by Gasteiger charge is 1.97. The molecule has 0 spiro atoms. The first-order chi connectivity index (χ1) is 15.9. The van der Waals surface area contributed by atoms with Gasteiger partial charge in [0.15, 0.2) is 0 Å². The van der Waals surface area contributed by atoms with Gasteiger partial charge in [-0.3, -0.25) is 15.0 Å². The minimum Gasteiger partial charge on any atom is -0.261 e. The van der Waals surface area contributed by atoms with Crippen LogP contribution in [0, 0.1) is 0 Å². The maximum Gasteiger partial charge on any atom is 0.115 e. The molecular weight excluding hydrogens is 418 g/mol. The molecule has 0 amide bonds. The van der Waals surface area contributed by atoms with E-state index >= 15 is 0 Å². The number of aromatic nitrogens is 5. The largest absolute Gasteiger partial charge is 0.261 e. The van der Waals surface area contributed by atoms with Crippen LogP contribution in [0.5, 0.6) is 0 Å². The van der Waals surface area contributed by atoms with Crippen LogP contribution in [0.2, 0.25) is 0 Å². The molecule has 3 aromatic heterocycles. The van der Waals surface area contributed by atoms with Crippen molar-refractivity contribution < 1.29 is 0 Å². The van der Waals surface area contributed by atoms with Crippen molar-refractivity contribution in [2.75, 3.05) is 0 Å². The zero-order chi connectivity index (χ0) is 26.1. The van der Waals surface area contributed by atoms with Crippen molar-refractivity contribution in [3.63, 3.8) is 0 Å². The Hall–Kier alpha value is -2.69. The third kappa shape index (κ3) is 21.2. The van der Waals surface area contributed by atoms with Crippen LogP contribution in [0.15, 0.2) is 61.6 Å². The summed E-state index contributed by atoms with van der Waals surface area (Å²) in [5, 5.41) is 0. The Morgan fingerprint density at radius 3 is 1.26 bits per heavy atom. The van der Waals surface area contributed by atoms with Crippen molar-refractivity contribution in [2.24, 2.45) is 0 Å². The van der Waals surface area contributed by atoms with Crippen LogP contribution in [0.4, 0.5) is 0 Å². The molecule has 3 aromatic rings. The summed E-state index contributed by atoms with van der Waals surface area (Å²) in [7, 11) is 0. The molecule has 0 bridgehead atoms. The van der Waals surface area contributed by atoms with E-state index in [1.54, 1.807) is 31.1 Å². The molecule has 0 radical (unpaired) electrons. The van der Waals surface area contributed by atoms with Gasteiger partial charge in [-0.15, -0.1) is 0 Å². The molecule has 5 nitrogen and oxygen atoms in total. The van der Waals surface area contributed by atoms with Crippen molar-refractivity contribution in [2.45, 2.75) is 108 Å². The monoisotopic (exact) mass is 471 g/mol. The first-order valence-corrected chi connectivity index (χ1v) is 12.3. The summed E-state index contributed by atoms with van der Waals surface area (Å²) in [6, 6.07) is 7.93. The lowest BCUT2D eigenvalue weighted by Gasteiger charge is -2.00. The molecule has 0 fully saturated rings. The van der Waals surface area contributed by atoms with Crippen molar-refractivity contribution in [1.29, 1.82) is 0 Å².